The summed E-state index contributed by atoms with van der Waals surface area (Å²) in [6.07, 6.45) is 0. The monoisotopic (exact) mass is 348 g/mol. The Hall–Kier alpha value is -2.73. The van der Waals surface area contributed by atoms with Crippen LogP contribution in [0.5, 0.6) is 11.5 Å². The Morgan fingerprint density at radius 1 is 0.917 bits per heavy atom. The van der Waals surface area contributed by atoms with Gasteiger partial charge in [-0.2, -0.15) is 0 Å². The van der Waals surface area contributed by atoms with Gasteiger partial charge in [-0.25, -0.2) is 0 Å². The normalized spacial score (nSPS) is 10.0. The first-order valence-electron chi connectivity index (χ1n) is 7.05. The summed E-state index contributed by atoms with van der Waals surface area (Å²) in [5.74, 6) is -0.961. The number of nitrogens with one attached hydrogen (secondary N) is 2. The fourth-order valence-corrected chi connectivity index (χ4v) is 2.19. The molecule has 0 aliphatic rings. The lowest BCUT2D eigenvalue weighted by Crippen LogP contribution is -2.29. The number of halogens is 1. The number of benzene rings is 2. The minimum absolute atomic E-state index is 0.280. The molecule has 0 bridgehead atoms. The Morgan fingerprint density at radius 2 is 1.50 bits per heavy atom. The van der Waals surface area contributed by atoms with E-state index in [1.165, 1.54) is 26.4 Å². The molecule has 0 atom stereocenters. The Kier molecular flexibility index (Phi) is 5.65. The fourth-order valence-electron chi connectivity index (χ4n) is 1.96. The minimum atomic E-state index is -0.835. The molecule has 0 saturated carbocycles. The highest BCUT2D eigenvalue weighted by Crippen LogP contribution is 2.35. The standard InChI is InChI=1S/C17H17ClN2O4/c1-10-4-6-11(7-5-10)19-16(21)17(22)20-13-9-14(23-2)12(18)8-15(13)24-3/h4-9H,1-3H3,(H,19,21)(H,20,22). The molecule has 0 saturated heterocycles. The van der Waals surface area contributed by atoms with E-state index in [4.69, 9.17) is 21.1 Å². The molecule has 126 valence electrons. The molecule has 0 aliphatic heterocycles. The van der Waals surface area contributed by atoms with E-state index in [-0.39, 0.29) is 5.69 Å². The first-order chi connectivity index (χ1) is 11.4. The average Bonchev–Trinajstić information content (AvgIpc) is 2.57. The molecular weight excluding hydrogens is 332 g/mol. The largest absolute Gasteiger partial charge is 0.495 e. The Balaban J connectivity index is 2.13. The molecule has 0 fully saturated rings. The van der Waals surface area contributed by atoms with Crippen molar-refractivity contribution in [1.82, 2.24) is 0 Å². The predicted molar refractivity (Wildman–Crippen MR) is 93.0 cm³/mol. The Morgan fingerprint density at radius 3 is 2.08 bits per heavy atom. The van der Waals surface area contributed by atoms with Gasteiger partial charge in [-0.1, -0.05) is 29.3 Å². The molecule has 2 N–H and O–H groups in total. The van der Waals surface area contributed by atoms with Crippen molar-refractivity contribution in [3.63, 3.8) is 0 Å². The van der Waals surface area contributed by atoms with E-state index in [0.717, 1.165) is 5.56 Å². The molecule has 0 spiro atoms. The van der Waals surface area contributed by atoms with Crippen LogP contribution in [0.4, 0.5) is 11.4 Å². The van der Waals surface area contributed by atoms with E-state index < -0.39 is 11.8 Å². The highest BCUT2D eigenvalue weighted by atomic mass is 35.5. The van der Waals surface area contributed by atoms with Gasteiger partial charge >= 0.3 is 11.8 Å². The number of aryl methyl sites for hydroxylation is 1. The molecule has 0 aromatic heterocycles. The van der Waals surface area contributed by atoms with Gasteiger partial charge in [0.15, 0.2) is 0 Å². The van der Waals surface area contributed by atoms with Crippen molar-refractivity contribution >= 4 is 34.8 Å². The van der Waals surface area contributed by atoms with E-state index in [1.807, 2.05) is 19.1 Å². The smallest absolute Gasteiger partial charge is 0.314 e. The summed E-state index contributed by atoms with van der Waals surface area (Å²) in [6.45, 7) is 1.93. The number of hydrogen-bond acceptors (Lipinski definition) is 4. The van der Waals surface area contributed by atoms with E-state index in [1.54, 1.807) is 12.1 Å². The zero-order valence-electron chi connectivity index (χ0n) is 13.5. The number of carbonyl (C=O) groups is 2. The molecule has 2 amide bonds. The second kappa shape index (κ2) is 7.70. The lowest BCUT2D eigenvalue weighted by atomic mass is 10.2. The summed E-state index contributed by atoms with van der Waals surface area (Å²) in [6, 6.07) is 10.1. The molecule has 7 heteroatoms. The molecule has 2 aromatic carbocycles. The number of ether oxygens (including phenoxy) is 2. The summed E-state index contributed by atoms with van der Waals surface area (Å²) >= 11 is 6.00. The number of hydrogen-bond donors (Lipinski definition) is 2. The van der Waals surface area contributed by atoms with Gasteiger partial charge in [-0.15, -0.1) is 0 Å². The van der Waals surface area contributed by atoms with Gasteiger partial charge in [0.2, 0.25) is 0 Å². The molecule has 0 aliphatic carbocycles. The number of methoxy groups -OCH3 is 2. The summed E-state index contributed by atoms with van der Waals surface area (Å²) in [5, 5.41) is 5.33. The third-order valence-electron chi connectivity index (χ3n) is 3.24. The number of anilines is 2. The van der Waals surface area contributed by atoms with Gasteiger partial charge in [0.1, 0.15) is 11.5 Å². The van der Waals surface area contributed by atoms with E-state index in [2.05, 4.69) is 10.6 Å². The quantitative estimate of drug-likeness (QED) is 0.831. The summed E-state index contributed by atoms with van der Waals surface area (Å²) in [4.78, 5) is 24.1. The first-order valence-corrected chi connectivity index (χ1v) is 7.43. The topological polar surface area (TPSA) is 76.7 Å². The van der Waals surface area contributed by atoms with Gasteiger partial charge in [0.05, 0.1) is 24.9 Å². The van der Waals surface area contributed by atoms with Crippen molar-refractivity contribution in [2.75, 3.05) is 24.9 Å². The summed E-state index contributed by atoms with van der Waals surface area (Å²) < 4.78 is 10.2. The second-order valence-electron chi connectivity index (χ2n) is 4.96. The van der Waals surface area contributed by atoms with Crippen LogP contribution in [0.1, 0.15) is 5.56 Å². The van der Waals surface area contributed by atoms with Crippen LogP contribution in [0.2, 0.25) is 5.02 Å². The Bertz CT molecular complexity index is 760. The fraction of sp³-hybridized carbons (Fsp3) is 0.176. The van der Waals surface area contributed by atoms with Crippen molar-refractivity contribution < 1.29 is 19.1 Å². The third-order valence-corrected chi connectivity index (χ3v) is 3.53. The summed E-state index contributed by atoms with van der Waals surface area (Å²) in [5.41, 5.74) is 1.86. The number of rotatable bonds is 4. The van der Waals surface area contributed by atoms with Crippen LogP contribution >= 0.6 is 11.6 Å². The minimum Gasteiger partial charge on any atom is -0.495 e. The van der Waals surface area contributed by atoms with Gasteiger partial charge in [-0.05, 0) is 19.1 Å². The SMILES string of the molecule is COc1cc(NC(=O)C(=O)Nc2ccc(C)cc2)c(OC)cc1Cl. The zero-order valence-corrected chi connectivity index (χ0v) is 14.2. The van der Waals surface area contributed by atoms with Gasteiger partial charge < -0.3 is 20.1 Å². The number of carbonyl (C=O) groups excluding carboxylic acids is 2. The molecule has 2 rings (SSSR count). The molecular formula is C17H17ClN2O4. The van der Waals surface area contributed by atoms with Crippen LogP contribution in [0.3, 0.4) is 0 Å². The van der Waals surface area contributed by atoms with Crippen molar-refractivity contribution in [3.8, 4) is 11.5 Å². The van der Waals surface area contributed by atoms with Crippen LogP contribution in [-0.4, -0.2) is 26.0 Å². The molecule has 0 radical (unpaired) electrons. The maximum Gasteiger partial charge on any atom is 0.314 e. The molecule has 6 nitrogen and oxygen atoms in total. The van der Waals surface area contributed by atoms with Gasteiger partial charge in [0.25, 0.3) is 0 Å². The van der Waals surface area contributed by atoms with E-state index >= 15 is 0 Å². The molecule has 0 heterocycles. The van der Waals surface area contributed by atoms with Crippen LogP contribution in [0, 0.1) is 6.92 Å². The highest BCUT2D eigenvalue weighted by Gasteiger charge is 2.18. The lowest BCUT2D eigenvalue weighted by Gasteiger charge is -2.13. The Labute approximate surface area is 144 Å². The zero-order chi connectivity index (χ0) is 17.7. The van der Waals surface area contributed by atoms with Crippen molar-refractivity contribution in [2.24, 2.45) is 0 Å². The van der Waals surface area contributed by atoms with Gasteiger partial charge in [0, 0.05) is 17.8 Å². The van der Waals surface area contributed by atoms with E-state index in [9.17, 15) is 9.59 Å². The number of amides is 2. The molecule has 0 unspecified atom stereocenters. The van der Waals surface area contributed by atoms with Crippen molar-refractivity contribution in [3.05, 3.63) is 47.0 Å². The molecule has 2 aromatic rings. The van der Waals surface area contributed by atoms with E-state index in [0.29, 0.717) is 22.2 Å². The third kappa shape index (κ3) is 4.17. The average molecular weight is 349 g/mol. The maximum absolute atomic E-state index is 12.1. The molecule has 24 heavy (non-hydrogen) atoms. The first kappa shape index (κ1) is 17.6. The van der Waals surface area contributed by atoms with Crippen molar-refractivity contribution in [2.45, 2.75) is 6.92 Å². The van der Waals surface area contributed by atoms with Gasteiger partial charge in [-0.3, -0.25) is 9.59 Å². The van der Waals surface area contributed by atoms with Crippen molar-refractivity contribution in [1.29, 1.82) is 0 Å². The lowest BCUT2D eigenvalue weighted by molar-refractivity contribution is -0.133. The van der Waals surface area contributed by atoms with Crippen LogP contribution in [-0.2, 0) is 9.59 Å². The van der Waals surface area contributed by atoms with Crippen LogP contribution in [0.15, 0.2) is 36.4 Å². The highest BCUT2D eigenvalue weighted by molar-refractivity contribution is 6.44. The van der Waals surface area contributed by atoms with Crippen LogP contribution in [0.25, 0.3) is 0 Å². The maximum atomic E-state index is 12.1. The summed E-state index contributed by atoms with van der Waals surface area (Å²) in [7, 11) is 2.88. The second-order valence-corrected chi connectivity index (χ2v) is 5.37. The van der Waals surface area contributed by atoms with Crippen LogP contribution < -0.4 is 20.1 Å². The predicted octanol–water partition coefficient (Wildman–Crippen LogP) is 3.24.